The van der Waals surface area contributed by atoms with Gasteiger partial charge in [0.05, 0.1) is 16.5 Å². The first kappa shape index (κ1) is 14.8. The molecule has 1 amide bonds. The van der Waals surface area contributed by atoms with Crippen LogP contribution < -0.4 is 10.6 Å². The van der Waals surface area contributed by atoms with Crippen LogP contribution in [0.3, 0.4) is 0 Å². The van der Waals surface area contributed by atoms with Crippen LogP contribution in [-0.2, 0) is 14.6 Å². The third kappa shape index (κ3) is 3.10. The smallest absolute Gasteiger partial charge is 0.229 e. The Balaban J connectivity index is 2.22. The highest BCUT2D eigenvalue weighted by Gasteiger charge is 2.30. The van der Waals surface area contributed by atoms with Crippen molar-refractivity contribution in [1.29, 1.82) is 0 Å². The van der Waals surface area contributed by atoms with Gasteiger partial charge in [-0.15, -0.1) is 0 Å². The molecule has 20 heavy (non-hydrogen) atoms. The molecular formula is C13H18N2O4S. The summed E-state index contributed by atoms with van der Waals surface area (Å²) in [4.78, 5) is 12.2. The van der Waals surface area contributed by atoms with E-state index >= 15 is 0 Å². The molecule has 2 atom stereocenters. The maximum Gasteiger partial charge on any atom is 0.229 e. The lowest BCUT2D eigenvalue weighted by molar-refractivity contribution is -0.120. The molecule has 1 aliphatic heterocycles. The van der Waals surface area contributed by atoms with Gasteiger partial charge in [0.15, 0.2) is 9.84 Å². The van der Waals surface area contributed by atoms with E-state index in [1.165, 1.54) is 18.2 Å². The number of carbonyl (C=O) groups excluding carboxylic acids is 1. The molecule has 6 nitrogen and oxygen atoms in total. The zero-order valence-corrected chi connectivity index (χ0v) is 12.2. The standard InChI is InChI=1S/C13H18N2O4S/c1-8-6-14-7-10(8)13(17)15-11-5-9(20(2,18)19)3-4-12(11)16/h3-5,8,10,14,16H,6-7H2,1-2H3,(H,15,17)/t8-,10-/m1/s1. The highest BCUT2D eigenvalue weighted by molar-refractivity contribution is 7.90. The van der Waals surface area contributed by atoms with Gasteiger partial charge in [0.25, 0.3) is 0 Å². The van der Waals surface area contributed by atoms with E-state index in [0.717, 1.165) is 12.8 Å². The van der Waals surface area contributed by atoms with Crippen LogP contribution in [0, 0.1) is 11.8 Å². The van der Waals surface area contributed by atoms with Crippen molar-refractivity contribution in [2.45, 2.75) is 11.8 Å². The van der Waals surface area contributed by atoms with E-state index in [1.54, 1.807) is 0 Å². The van der Waals surface area contributed by atoms with Gasteiger partial charge in [-0.2, -0.15) is 0 Å². The van der Waals surface area contributed by atoms with Gasteiger partial charge in [0, 0.05) is 12.8 Å². The molecule has 1 aliphatic rings. The van der Waals surface area contributed by atoms with Gasteiger partial charge >= 0.3 is 0 Å². The van der Waals surface area contributed by atoms with E-state index in [2.05, 4.69) is 10.6 Å². The highest BCUT2D eigenvalue weighted by Crippen LogP contribution is 2.28. The van der Waals surface area contributed by atoms with Gasteiger partial charge in [0.2, 0.25) is 5.91 Å². The quantitative estimate of drug-likeness (QED) is 0.710. The number of hydrogen-bond donors (Lipinski definition) is 3. The van der Waals surface area contributed by atoms with Crippen molar-refractivity contribution in [2.75, 3.05) is 24.7 Å². The number of sulfone groups is 1. The average Bonchev–Trinajstić information content (AvgIpc) is 2.77. The zero-order valence-electron chi connectivity index (χ0n) is 11.4. The summed E-state index contributed by atoms with van der Waals surface area (Å²) in [7, 11) is -3.38. The molecule has 0 aromatic heterocycles. The largest absolute Gasteiger partial charge is 0.506 e. The van der Waals surface area contributed by atoms with Crippen molar-refractivity contribution in [3.8, 4) is 5.75 Å². The minimum Gasteiger partial charge on any atom is -0.506 e. The molecule has 1 fully saturated rings. The fourth-order valence-corrected chi connectivity index (χ4v) is 2.88. The number of phenols is 1. The monoisotopic (exact) mass is 298 g/mol. The second-order valence-electron chi connectivity index (χ2n) is 5.18. The van der Waals surface area contributed by atoms with E-state index in [4.69, 9.17) is 0 Å². The van der Waals surface area contributed by atoms with Crippen molar-refractivity contribution in [1.82, 2.24) is 5.32 Å². The van der Waals surface area contributed by atoms with Crippen LogP contribution in [-0.4, -0.2) is 38.8 Å². The summed E-state index contributed by atoms with van der Waals surface area (Å²) in [6.07, 6.45) is 1.08. The number of hydrogen-bond acceptors (Lipinski definition) is 5. The third-order valence-electron chi connectivity index (χ3n) is 3.51. The molecule has 0 radical (unpaired) electrons. The van der Waals surface area contributed by atoms with Crippen LogP contribution in [0.4, 0.5) is 5.69 Å². The maximum atomic E-state index is 12.1. The lowest BCUT2D eigenvalue weighted by Crippen LogP contribution is -2.27. The number of nitrogens with one attached hydrogen (secondary N) is 2. The van der Waals surface area contributed by atoms with E-state index < -0.39 is 9.84 Å². The molecule has 0 spiro atoms. The van der Waals surface area contributed by atoms with Gasteiger partial charge in [0.1, 0.15) is 5.75 Å². The highest BCUT2D eigenvalue weighted by atomic mass is 32.2. The Morgan fingerprint density at radius 3 is 2.65 bits per heavy atom. The van der Waals surface area contributed by atoms with Gasteiger partial charge in [-0.1, -0.05) is 6.92 Å². The molecule has 0 bridgehead atoms. The summed E-state index contributed by atoms with van der Waals surface area (Å²) in [5, 5.41) is 15.5. The molecule has 0 aliphatic carbocycles. The van der Waals surface area contributed by atoms with Crippen molar-refractivity contribution in [2.24, 2.45) is 11.8 Å². The van der Waals surface area contributed by atoms with Crippen molar-refractivity contribution in [3.63, 3.8) is 0 Å². The van der Waals surface area contributed by atoms with E-state index in [1.807, 2.05) is 6.92 Å². The van der Waals surface area contributed by atoms with E-state index in [0.29, 0.717) is 6.54 Å². The number of rotatable bonds is 3. The Hall–Kier alpha value is -1.60. The first-order chi connectivity index (χ1) is 9.29. The molecule has 0 unspecified atom stereocenters. The van der Waals surface area contributed by atoms with Gasteiger partial charge in [-0.3, -0.25) is 4.79 Å². The molecule has 1 saturated heterocycles. The van der Waals surface area contributed by atoms with Crippen LogP contribution >= 0.6 is 0 Å². The van der Waals surface area contributed by atoms with Crippen LogP contribution in [0.2, 0.25) is 0 Å². The summed E-state index contributed by atoms with van der Waals surface area (Å²) in [5.41, 5.74) is 0.122. The fraction of sp³-hybridized carbons (Fsp3) is 0.462. The number of phenolic OH excluding ortho intramolecular Hbond substituents is 1. The summed E-state index contributed by atoms with van der Waals surface area (Å²) in [5.74, 6) is -0.348. The van der Waals surface area contributed by atoms with E-state index in [-0.39, 0.29) is 34.1 Å². The second-order valence-corrected chi connectivity index (χ2v) is 7.20. The lowest BCUT2D eigenvalue weighted by atomic mass is 9.97. The number of carbonyl (C=O) groups is 1. The molecule has 110 valence electrons. The Kier molecular flexibility index (Phi) is 4.01. The molecule has 1 aromatic carbocycles. The van der Waals surface area contributed by atoms with Gasteiger partial charge in [-0.25, -0.2) is 8.42 Å². The zero-order chi connectivity index (χ0) is 14.9. The summed E-state index contributed by atoms with van der Waals surface area (Å²) in [6.45, 7) is 3.32. The van der Waals surface area contributed by atoms with Crippen LogP contribution in [0.1, 0.15) is 6.92 Å². The Morgan fingerprint density at radius 1 is 1.40 bits per heavy atom. The number of benzene rings is 1. The fourth-order valence-electron chi connectivity index (χ4n) is 2.23. The number of amides is 1. The molecule has 2 rings (SSSR count). The topological polar surface area (TPSA) is 95.5 Å². The van der Waals surface area contributed by atoms with Crippen molar-refractivity contribution >= 4 is 21.4 Å². The van der Waals surface area contributed by atoms with Crippen LogP contribution in [0.25, 0.3) is 0 Å². The van der Waals surface area contributed by atoms with E-state index in [9.17, 15) is 18.3 Å². The second kappa shape index (κ2) is 5.41. The Bertz CT molecular complexity index is 627. The first-order valence-corrected chi connectivity index (χ1v) is 8.23. The predicted octanol–water partition coefficient (Wildman–Crippen LogP) is 0.590. The molecule has 3 N–H and O–H groups in total. The number of aromatic hydroxyl groups is 1. The Labute approximate surface area is 118 Å². The first-order valence-electron chi connectivity index (χ1n) is 6.33. The summed E-state index contributed by atoms with van der Waals surface area (Å²) < 4.78 is 23.0. The van der Waals surface area contributed by atoms with Crippen LogP contribution in [0.5, 0.6) is 5.75 Å². The minimum atomic E-state index is -3.38. The predicted molar refractivity (Wildman–Crippen MR) is 75.4 cm³/mol. The number of anilines is 1. The molecule has 7 heteroatoms. The molecule has 1 aromatic rings. The third-order valence-corrected chi connectivity index (χ3v) is 4.62. The molecule has 1 heterocycles. The lowest BCUT2D eigenvalue weighted by Gasteiger charge is -2.15. The normalized spacial score (nSPS) is 22.7. The average molecular weight is 298 g/mol. The minimum absolute atomic E-state index is 0.0585. The maximum absolute atomic E-state index is 12.1. The summed E-state index contributed by atoms with van der Waals surface area (Å²) >= 11 is 0. The SMILES string of the molecule is C[C@@H]1CNC[C@H]1C(=O)Nc1cc(S(C)(=O)=O)ccc1O. The molecular weight excluding hydrogens is 280 g/mol. The van der Waals surface area contributed by atoms with Crippen LogP contribution in [0.15, 0.2) is 23.1 Å². The van der Waals surface area contributed by atoms with Crippen molar-refractivity contribution in [3.05, 3.63) is 18.2 Å². The Morgan fingerprint density at radius 2 is 2.10 bits per heavy atom. The molecule has 0 saturated carbocycles. The van der Waals surface area contributed by atoms with Crippen molar-refractivity contribution < 1.29 is 18.3 Å². The summed E-state index contributed by atoms with van der Waals surface area (Å²) in [6, 6.07) is 3.85. The van der Waals surface area contributed by atoms with Gasteiger partial charge in [-0.05, 0) is 30.7 Å². The van der Waals surface area contributed by atoms with Gasteiger partial charge < -0.3 is 15.7 Å².